The molecule has 0 aliphatic heterocycles. The monoisotopic (exact) mass is 349 g/mol. The van der Waals surface area contributed by atoms with Crippen molar-refractivity contribution in [1.29, 1.82) is 0 Å². The Kier molecular flexibility index (Phi) is 4.97. The Morgan fingerprint density at radius 2 is 1.95 bits per heavy atom. The summed E-state index contributed by atoms with van der Waals surface area (Å²) in [6.45, 7) is 7.57. The van der Waals surface area contributed by atoms with Gasteiger partial charge in [0.15, 0.2) is 0 Å². The smallest absolute Gasteiger partial charge is 0.145 e. The van der Waals surface area contributed by atoms with Crippen molar-refractivity contribution in [3.63, 3.8) is 0 Å². The minimum Gasteiger partial charge on any atom is -0.491 e. The molecule has 0 fully saturated rings. The molecule has 3 rings (SSSR count). The van der Waals surface area contributed by atoms with Crippen LogP contribution in [0.25, 0.3) is 22.0 Å². The van der Waals surface area contributed by atoms with Gasteiger partial charge in [0.25, 0.3) is 0 Å². The molecule has 0 bridgehead atoms. The van der Waals surface area contributed by atoms with Crippen LogP contribution >= 0.6 is 0 Å². The maximum Gasteiger partial charge on any atom is 0.145 e. The Hall–Kier alpha value is -1.45. The summed E-state index contributed by atoms with van der Waals surface area (Å²) in [6.07, 6.45) is 1.57. The van der Waals surface area contributed by atoms with Gasteiger partial charge in [0.1, 0.15) is 7.05 Å². The van der Waals surface area contributed by atoms with Gasteiger partial charge in [-0.15, -0.1) is 0 Å². The van der Waals surface area contributed by atoms with Gasteiger partial charge >= 0.3 is 0 Å². The van der Waals surface area contributed by atoms with Crippen molar-refractivity contribution < 1.29 is 37.4 Å². The largest absolute Gasteiger partial charge is 0.491 e. The fourth-order valence-electron chi connectivity index (χ4n) is 2.54. The quantitative estimate of drug-likeness (QED) is 0.397. The molecule has 0 saturated carbocycles. The second kappa shape index (κ2) is 6.55. The molecule has 21 heavy (non-hydrogen) atoms. The Morgan fingerprint density at radius 3 is 2.71 bits per heavy atom. The molecule has 1 radical (unpaired) electrons. The summed E-state index contributed by atoms with van der Waals surface area (Å²) in [5.41, 5.74) is 3.74. The summed E-state index contributed by atoms with van der Waals surface area (Å²) >= 11 is 0. The van der Waals surface area contributed by atoms with Crippen molar-refractivity contribution in [2.45, 2.75) is 6.92 Å². The molecule has 1 aromatic heterocycles. The van der Waals surface area contributed by atoms with E-state index in [1.165, 1.54) is 16.3 Å². The summed E-state index contributed by atoms with van der Waals surface area (Å²) in [4.78, 5) is 3.81. The van der Waals surface area contributed by atoms with E-state index in [-0.39, 0.29) is 32.7 Å². The third kappa shape index (κ3) is 2.81. The SMILES string of the molecule is [CH-]=Nc1[c-]cn[n+](C)c1-c1ccc2ccccc2c1C.[Y]. The molecule has 0 atom stereocenters. The summed E-state index contributed by atoms with van der Waals surface area (Å²) < 4.78 is 1.78. The van der Waals surface area contributed by atoms with Crippen molar-refractivity contribution in [3.05, 3.63) is 54.2 Å². The van der Waals surface area contributed by atoms with Gasteiger partial charge in [-0.05, 0) is 40.1 Å². The zero-order valence-corrected chi connectivity index (χ0v) is 14.9. The molecule has 0 amide bonds. The molecule has 0 aliphatic rings. The Balaban J connectivity index is 0.00000161. The van der Waals surface area contributed by atoms with Crippen molar-refractivity contribution >= 4 is 23.2 Å². The van der Waals surface area contributed by atoms with Gasteiger partial charge in [-0.2, -0.15) is 17.1 Å². The zero-order valence-electron chi connectivity index (χ0n) is 12.0. The van der Waals surface area contributed by atoms with Gasteiger partial charge in [0, 0.05) is 38.4 Å². The Labute approximate surface area is 149 Å². The number of hydrogen-bond acceptors (Lipinski definition) is 2. The molecule has 2 aromatic carbocycles. The predicted molar refractivity (Wildman–Crippen MR) is 80.1 cm³/mol. The molecule has 3 aromatic rings. The molecule has 101 valence electrons. The van der Waals surface area contributed by atoms with Crippen LogP contribution in [0.1, 0.15) is 5.56 Å². The van der Waals surface area contributed by atoms with E-state index >= 15 is 0 Å². The number of hydrogen-bond donors (Lipinski definition) is 0. The third-order valence-corrected chi connectivity index (χ3v) is 3.56. The number of aryl methyl sites for hydroxylation is 2. The van der Waals surface area contributed by atoms with E-state index in [0.717, 1.165) is 11.3 Å². The van der Waals surface area contributed by atoms with E-state index in [1.807, 2.05) is 19.2 Å². The van der Waals surface area contributed by atoms with Crippen molar-refractivity contribution in [2.75, 3.05) is 0 Å². The fourth-order valence-corrected chi connectivity index (χ4v) is 2.54. The van der Waals surface area contributed by atoms with Crippen molar-refractivity contribution in [1.82, 2.24) is 5.10 Å². The van der Waals surface area contributed by atoms with Gasteiger partial charge in [-0.1, -0.05) is 36.4 Å². The second-order valence-corrected chi connectivity index (χ2v) is 4.70. The zero-order chi connectivity index (χ0) is 14.1. The van der Waals surface area contributed by atoms with Gasteiger partial charge in [-0.25, -0.2) is 0 Å². The first-order valence-electron chi connectivity index (χ1n) is 6.39. The van der Waals surface area contributed by atoms with E-state index in [9.17, 15) is 0 Å². The molecule has 4 heteroatoms. The van der Waals surface area contributed by atoms with Crippen LogP contribution in [-0.4, -0.2) is 11.8 Å². The van der Waals surface area contributed by atoms with E-state index in [4.69, 9.17) is 6.72 Å². The summed E-state index contributed by atoms with van der Waals surface area (Å²) in [5.74, 6) is 0. The molecule has 0 N–H and O–H groups in total. The van der Waals surface area contributed by atoms with Crippen LogP contribution in [0, 0.1) is 13.0 Å². The Bertz CT molecular complexity index is 812. The summed E-state index contributed by atoms with van der Waals surface area (Å²) in [7, 11) is 1.88. The molecule has 0 aliphatic carbocycles. The average molecular weight is 349 g/mol. The normalized spacial score (nSPS) is 10.2. The average Bonchev–Trinajstić information content (AvgIpc) is 2.48. The van der Waals surface area contributed by atoms with Crippen LogP contribution in [0.4, 0.5) is 5.69 Å². The molecule has 0 unspecified atom stereocenters. The number of benzene rings is 2. The number of aliphatic imine (C=N–C) groups is 1. The first kappa shape index (κ1) is 15.9. The molecular weight excluding hydrogens is 335 g/mol. The first-order chi connectivity index (χ1) is 9.72. The molecule has 3 nitrogen and oxygen atoms in total. The van der Waals surface area contributed by atoms with E-state index in [1.54, 1.807) is 10.9 Å². The maximum atomic E-state index is 5.47. The minimum absolute atomic E-state index is 0. The van der Waals surface area contributed by atoms with Crippen LogP contribution < -0.4 is 4.68 Å². The van der Waals surface area contributed by atoms with Gasteiger partial charge < -0.3 is 4.99 Å². The van der Waals surface area contributed by atoms with Crippen LogP contribution in [0.5, 0.6) is 0 Å². The molecule has 0 saturated heterocycles. The maximum absolute atomic E-state index is 5.47. The van der Waals surface area contributed by atoms with Crippen LogP contribution in [0.15, 0.2) is 47.6 Å². The van der Waals surface area contributed by atoms with Gasteiger partial charge in [0.05, 0.1) is 0 Å². The van der Waals surface area contributed by atoms with Gasteiger partial charge in [0.2, 0.25) is 0 Å². The standard InChI is InChI=1S/C17H14N3.Y/c1-12-14-7-5-4-6-13(14)8-9-15(12)17-16(18-2)10-11-19-20(17)3;/h2,4-9,11H,1,3H3;/q-1;. The topological polar surface area (TPSA) is 29.1 Å². The van der Waals surface area contributed by atoms with Crippen LogP contribution in [0.2, 0.25) is 0 Å². The number of nitrogens with zero attached hydrogens (tertiary/aromatic N) is 3. The van der Waals surface area contributed by atoms with Crippen LogP contribution in [-0.2, 0) is 39.8 Å². The first-order valence-corrected chi connectivity index (χ1v) is 6.39. The number of aromatic nitrogens is 2. The number of rotatable bonds is 2. The minimum atomic E-state index is 0. The molecule has 1 heterocycles. The van der Waals surface area contributed by atoms with Crippen molar-refractivity contribution in [3.8, 4) is 11.3 Å². The van der Waals surface area contributed by atoms with Crippen LogP contribution in [0.3, 0.4) is 0 Å². The summed E-state index contributed by atoms with van der Waals surface area (Å²) in [6, 6.07) is 15.5. The predicted octanol–water partition coefficient (Wildman–Crippen LogP) is 3.04. The third-order valence-electron chi connectivity index (χ3n) is 3.56. The number of fused-ring (bicyclic) bond motifs is 1. The summed E-state index contributed by atoms with van der Waals surface area (Å²) in [5, 5.41) is 6.67. The van der Waals surface area contributed by atoms with E-state index in [0.29, 0.717) is 5.69 Å². The molecule has 0 spiro atoms. The van der Waals surface area contributed by atoms with E-state index < -0.39 is 0 Å². The fraction of sp³-hybridized carbons (Fsp3) is 0.118. The van der Waals surface area contributed by atoms with E-state index in [2.05, 4.69) is 47.3 Å². The van der Waals surface area contributed by atoms with Crippen molar-refractivity contribution in [2.24, 2.45) is 12.0 Å². The van der Waals surface area contributed by atoms with Gasteiger partial charge in [-0.3, -0.25) is 6.07 Å². The Morgan fingerprint density at radius 1 is 1.19 bits per heavy atom. The second-order valence-electron chi connectivity index (χ2n) is 4.70. The molecular formula is C17H14N3Y-.